The fourth-order valence-corrected chi connectivity index (χ4v) is 1.96. The third-order valence-corrected chi connectivity index (χ3v) is 3.08. The van der Waals surface area contributed by atoms with Crippen LogP contribution in [0.2, 0.25) is 0 Å². The molecule has 2 aromatic rings. The predicted octanol–water partition coefficient (Wildman–Crippen LogP) is 0.441. The summed E-state index contributed by atoms with van der Waals surface area (Å²) in [6, 6.07) is 5.29. The Labute approximate surface area is 145 Å². The summed E-state index contributed by atoms with van der Waals surface area (Å²) in [5.41, 5.74) is 0.620. The van der Waals surface area contributed by atoms with Gasteiger partial charge in [-0.3, -0.25) is 0 Å². The zero-order valence-corrected chi connectivity index (χ0v) is 14.1. The number of aliphatic hydroxyl groups excluding tert-OH is 2. The Morgan fingerprint density at radius 2 is 1.48 bits per heavy atom. The van der Waals surface area contributed by atoms with E-state index in [-0.39, 0.29) is 31.1 Å². The minimum Gasteiger partial charge on any atom is -0.497 e. The van der Waals surface area contributed by atoms with Crippen molar-refractivity contribution in [3.63, 3.8) is 0 Å². The van der Waals surface area contributed by atoms with E-state index in [1.165, 1.54) is 0 Å². The molecule has 0 aliphatic carbocycles. The minimum atomic E-state index is -0.0580. The van der Waals surface area contributed by atoms with Crippen molar-refractivity contribution in [2.24, 2.45) is 0 Å². The molecule has 0 spiro atoms. The normalized spacial score (nSPS) is 10.2. The van der Waals surface area contributed by atoms with Crippen LogP contribution in [0.3, 0.4) is 0 Å². The zero-order valence-electron chi connectivity index (χ0n) is 14.1. The van der Waals surface area contributed by atoms with Gasteiger partial charge in [0.05, 0.1) is 33.1 Å². The van der Waals surface area contributed by atoms with Gasteiger partial charge in [0.15, 0.2) is 0 Å². The molecule has 0 unspecified atom stereocenters. The molecule has 25 heavy (non-hydrogen) atoms. The SMILES string of the molecule is COc1ccc(OC)c(Nc2nc(NCCO)nc(NCCO)n2)c1. The predicted molar refractivity (Wildman–Crippen MR) is 93.8 cm³/mol. The number of nitrogens with zero attached hydrogens (tertiary/aromatic N) is 3. The topological polar surface area (TPSA) is 134 Å². The van der Waals surface area contributed by atoms with E-state index in [2.05, 4.69) is 30.9 Å². The van der Waals surface area contributed by atoms with E-state index < -0.39 is 0 Å². The maximum atomic E-state index is 8.94. The highest BCUT2D eigenvalue weighted by atomic mass is 16.5. The first-order valence-electron chi connectivity index (χ1n) is 7.64. The number of benzene rings is 1. The van der Waals surface area contributed by atoms with Crippen LogP contribution < -0.4 is 25.4 Å². The van der Waals surface area contributed by atoms with Crippen molar-refractivity contribution in [3.05, 3.63) is 18.2 Å². The lowest BCUT2D eigenvalue weighted by atomic mass is 10.2. The van der Waals surface area contributed by atoms with Crippen LogP contribution in [0.25, 0.3) is 0 Å². The lowest BCUT2D eigenvalue weighted by Crippen LogP contribution is -2.15. The molecular formula is C15H22N6O4. The van der Waals surface area contributed by atoms with E-state index in [0.29, 0.717) is 30.3 Å². The molecule has 0 aliphatic rings. The molecule has 0 fully saturated rings. The van der Waals surface area contributed by atoms with Crippen LogP contribution in [0.1, 0.15) is 0 Å². The molecule has 136 valence electrons. The Balaban J connectivity index is 2.30. The molecule has 0 radical (unpaired) electrons. The Kier molecular flexibility index (Phi) is 6.99. The van der Waals surface area contributed by atoms with Crippen LogP contribution in [-0.4, -0.2) is 65.7 Å². The molecule has 0 bridgehead atoms. The molecule has 1 aromatic heterocycles. The van der Waals surface area contributed by atoms with Gasteiger partial charge in [-0.15, -0.1) is 0 Å². The molecule has 0 amide bonds. The average molecular weight is 350 g/mol. The van der Waals surface area contributed by atoms with Crippen molar-refractivity contribution in [1.29, 1.82) is 0 Å². The summed E-state index contributed by atoms with van der Waals surface area (Å²) in [5.74, 6) is 2.08. The summed E-state index contributed by atoms with van der Waals surface area (Å²) < 4.78 is 10.5. The Morgan fingerprint density at radius 1 is 0.880 bits per heavy atom. The van der Waals surface area contributed by atoms with Gasteiger partial charge in [0.2, 0.25) is 17.8 Å². The van der Waals surface area contributed by atoms with Crippen molar-refractivity contribution in [2.45, 2.75) is 0 Å². The number of anilines is 4. The van der Waals surface area contributed by atoms with Gasteiger partial charge in [0, 0.05) is 19.2 Å². The fourth-order valence-electron chi connectivity index (χ4n) is 1.96. The molecule has 5 N–H and O–H groups in total. The maximum Gasteiger partial charge on any atom is 0.233 e. The van der Waals surface area contributed by atoms with Crippen molar-refractivity contribution in [2.75, 3.05) is 56.5 Å². The fraction of sp³-hybridized carbons (Fsp3) is 0.400. The molecule has 10 heteroatoms. The zero-order chi connectivity index (χ0) is 18.1. The molecule has 0 atom stereocenters. The first-order valence-corrected chi connectivity index (χ1v) is 7.64. The van der Waals surface area contributed by atoms with Crippen molar-refractivity contribution in [3.8, 4) is 11.5 Å². The second-order valence-corrected chi connectivity index (χ2v) is 4.80. The highest BCUT2D eigenvalue weighted by molar-refractivity contribution is 5.65. The maximum absolute atomic E-state index is 8.94. The number of hydrogen-bond donors (Lipinski definition) is 5. The Morgan fingerprint density at radius 3 is 2.00 bits per heavy atom. The van der Waals surface area contributed by atoms with Crippen LogP contribution in [0.5, 0.6) is 11.5 Å². The quantitative estimate of drug-likeness (QED) is 0.411. The summed E-state index contributed by atoms with van der Waals surface area (Å²) >= 11 is 0. The summed E-state index contributed by atoms with van der Waals surface area (Å²) in [5, 5.41) is 26.7. The molecule has 0 saturated carbocycles. The van der Waals surface area contributed by atoms with Crippen LogP contribution in [0, 0.1) is 0 Å². The second kappa shape index (κ2) is 9.45. The first-order chi connectivity index (χ1) is 12.2. The summed E-state index contributed by atoms with van der Waals surface area (Å²) in [4.78, 5) is 12.7. The molecule has 0 saturated heterocycles. The van der Waals surface area contributed by atoms with Crippen LogP contribution in [0.4, 0.5) is 23.5 Å². The van der Waals surface area contributed by atoms with E-state index in [4.69, 9.17) is 19.7 Å². The number of aromatic nitrogens is 3. The van der Waals surface area contributed by atoms with Gasteiger partial charge in [-0.25, -0.2) is 0 Å². The van der Waals surface area contributed by atoms with Crippen molar-refractivity contribution < 1.29 is 19.7 Å². The van der Waals surface area contributed by atoms with Gasteiger partial charge in [-0.05, 0) is 12.1 Å². The third-order valence-electron chi connectivity index (χ3n) is 3.08. The molecule has 1 heterocycles. The van der Waals surface area contributed by atoms with E-state index in [9.17, 15) is 0 Å². The number of ether oxygens (including phenoxy) is 2. The highest BCUT2D eigenvalue weighted by Crippen LogP contribution is 2.30. The summed E-state index contributed by atoms with van der Waals surface area (Å²) in [6.45, 7) is 0.478. The van der Waals surface area contributed by atoms with Gasteiger partial charge < -0.3 is 35.6 Å². The first kappa shape index (κ1) is 18.5. The van der Waals surface area contributed by atoms with Crippen LogP contribution in [-0.2, 0) is 0 Å². The lowest BCUT2D eigenvalue weighted by molar-refractivity contribution is 0.310. The number of methoxy groups -OCH3 is 2. The smallest absolute Gasteiger partial charge is 0.233 e. The van der Waals surface area contributed by atoms with Gasteiger partial charge in [0.25, 0.3) is 0 Å². The third kappa shape index (κ3) is 5.33. The highest BCUT2D eigenvalue weighted by Gasteiger charge is 2.10. The molecule has 10 nitrogen and oxygen atoms in total. The van der Waals surface area contributed by atoms with E-state index in [1.807, 2.05) is 0 Å². The van der Waals surface area contributed by atoms with E-state index in [1.54, 1.807) is 32.4 Å². The van der Waals surface area contributed by atoms with Gasteiger partial charge >= 0.3 is 0 Å². The average Bonchev–Trinajstić information content (AvgIpc) is 2.64. The van der Waals surface area contributed by atoms with Gasteiger partial charge in [-0.2, -0.15) is 15.0 Å². The number of nitrogens with one attached hydrogen (secondary N) is 3. The molecule has 1 aromatic carbocycles. The van der Waals surface area contributed by atoms with Gasteiger partial charge in [0.1, 0.15) is 11.5 Å². The Bertz CT molecular complexity index is 659. The summed E-state index contributed by atoms with van der Waals surface area (Å²) in [6.07, 6.45) is 0. The van der Waals surface area contributed by atoms with Crippen LogP contribution >= 0.6 is 0 Å². The summed E-state index contributed by atoms with van der Waals surface area (Å²) in [7, 11) is 3.13. The molecular weight excluding hydrogens is 328 g/mol. The largest absolute Gasteiger partial charge is 0.497 e. The van der Waals surface area contributed by atoms with Crippen molar-refractivity contribution in [1.82, 2.24) is 15.0 Å². The lowest BCUT2D eigenvalue weighted by Gasteiger charge is -2.13. The van der Waals surface area contributed by atoms with Crippen LogP contribution in [0.15, 0.2) is 18.2 Å². The Hall–Kier alpha value is -2.85. The minimum absolute atomic E-state index is 0.0580. The molecule has 2 rings (SSSR count). The number of hydrogen-bond acceptors (Lipinski definition) is 10. The van der Waals surface area contributed by atoms with Gasteiger partial charge in [-0.1, -0.05) is 0 Å². The number of aliphatic hydroxyl groups is 2. The second-order valence-electron chi connectivity index (χ2n) is 4.80. The van der Waals surface area contributed by atoms with E-state index >= 15 is 0 Å². The number of rotatable bonds is 10. The monoisotopic (exact) mass is 350 g/mol. The molecule has 0 aliphatic heterocycles. The van der Waals surface area contributed by atoms with Crippen molar-refractivity contribution >= 4 is 23.5 Å². The van der Waals surface area contributed by atoms with E-state index in [0.717, 1.165) is 0 Å². The standard InChI is InChI=1S/C15H22N6O4/c1-24-10-3-4-12(25-2)11(9-10)18-15-20-13(16-5-7-22)19-14(21-15)17-6-8-23/h3-4,9,22-23H,5-8H2,1-2H3,(H3,16,17,18,19,20,21).